The lowest BCUT2D eigenvalue weighted by molar-refractivity contribution is 0.00757. The van der Waals surface area contributed by atoms with E-state index in [1.165, 1.54) is 0 Å². The van der Waals surface area contributed by atoms with Crippen LogP contribution in [0.3, 0.4) is 0 Å². The van der Waals surface area contributed by atoms with Crippen LogP contribution in [-0.2, 0) is 10.1 Å². The maximum atomic E-state index is 11.2. The molecule has 0 aromatic rings. The molecule has 2 N–H and O–H groups in total. The molecule has 0 saturated heterocycles. The summed E-state index contributed by atoms with van der Waals surface area (Å²) in [7, 11) is -4.34. The molecule has 0 bridgehead atoms. The lowest BCUT2D eigenvalue weighted by atomic mass is 9.82. The van der Waals surface area contributed by atoms with E-state index in [2.05, 4.69) is 0 Å². The molecule has 0 heterocycles. The van der Waals surface area contributed by atoms with Crippen molar-refractivity contribution < 1.29 is 18.1 Å². The molecule has 0 radical (unpaired) electrons. The average Bonchev–Trinajstić information content (AvgIpc) is 2.62. The van der Waals surface area contributed by atoms with Crippen molar-refractivity contribution in [2.45, 2.75) is 49.9 Å². The maximum absolute atomic E-state index is 11.2. The maximum Gasteiger partial charge on any atom is 0.295 e. The van der Waals surface area contributed by atoms with Crippen LogP contribution in [0.2, 0.25) is 0 Å². The molecule has 82 valence electrons. The summed E-state index contributed by atoms with van der Waals surface area (Å²) in [5.41, 5.74) is -0.555. The zero-order valence-electron chi connectivity index (χ0n) is 8.07. The second kappa shape index (κ2) is 2.93. The van der Waals surface area contributed by atoms with E-state index in [9.17, 15) is 13.5 Å². The largest absolute Gasteiger partial charge is 0.372 e. The van der Waals surface area contributed by atoms with Crippen molar-refractivity contribution in [2.75, 3.05) is 0 Å². The Morgan fingerprint density at radius 3 is 1.93 bits per heavy atom. The molecule has 0 amide bonds. The van der Waals surface area contributed by atoms with Gasteiger partial charge in [0.1, 0.15) is 0 Å². The molecule has 14 heavy (non-hydrogen) atoms. The monoisotopic (exact) mass is 220 g/mol. The van der Waals surface area contributed by atoms with Crippen molar-refractivity contribution in [3.8, 4) is 0 Å². The minimum Gasteiger partial charge on any atom is -0.372 e. The van der Waals surface area contributed by atoms with Crippen LogP contribution in [-0.4, -0.2) is 23.0 Å². The van der Waals surface area contributed by atoms with Gasteiger partial charge in [-0.05, 0) is 32.1 Å². The third-order valence-electron chi connectivity index (χ3n) is 3.99. The minimum atomic E-state index is -4.34. The van der Waals surface area contributed by atoms with Crippen molar-refractivity contribution in [3.63, 3.8) is 0 Å². The number of hydrogen-bond donors (Lipinski definition) is 2. The van der Waals surface area contributed by atoms with E-state index in [4.69, 9.17) is 4.55 Å². The predicted molar refractivity (Wildman–Crippen MR) is 51.3 cm³/mol. The van der Waals surface area contributed by atoms with Crippen molar-refractivity contribution >= 4 is 10.1 Å². The fourth-order valence-electron chi connectivity index (χ4n) is 3.22. The van der Waals surface area contributed by atoms with Gasteiger partial charge in [-0.15, -0.1) is 0 Å². The van der Waals surface area contributed by atoms with Gasteiger partial charge >= 0.3 is 0 Å². The van der Waals surface area contributed by atoms with Gasteiger partial charge in [0.25, 0.3) is 10.1 Å². The molecule has 5 heteroatoms. The van der Waals surface area contributed by atoms with Crippen LogP contribution in [0.15, 0.2) is 0 Å². The van der Waals surface area contributed by atoms with Gasteiger partial charge in [-0.25, -0.2) is 0 Å². The van der Waals surface area contributed by atoms with E-state index in [-0.39, 0.29) is 6.42 Å². The van der Waals surface area contributed by atoms with E-state index >= 15 is 0 Å². The average molecular weight is 220 g/mol. The summed E-state index contributed by atoms with van der Waals surface area (Å²) in [6, 6.07) is 0. The highest BCUT2D eigenvalue weighted by atomic mass is 32.2. The number of aliphatic hydroxyl groups is 1. The first-order valence-corrected chi connectivity index (χ1v) is 6.55. The third-order valence-corrected chi connectivity index (χ3v) is 5.48. The smallest absolute Gasteiger partial charge is 0.295 e. The Kier molecular flexibility index (Phi) is 2.18. The summed E-state index contributed by atoms with van der Waals surface area (Å²) >= 11 is 0. The summed E-state index contributed by atoms with van der Waals surface area (Å²) in [5.74, 6) is 0. The fourth-order valence-corrected chi connectivity index (χ4v) is 4.48. The molecule has 2 fully saturated rings. The quantitative estimate of drug-likeness (QED) is 0.653. The zero-order valence-corrected chi connectivity index (χ0v) is 8.89. The Hall–Kier alpha value is -0.130. The van der Waals surface area contributed by atoms with E-state index < -0.39 is 20.5 Å². The summed E-state index contributed by atoms with van der Waals surface area (Å²) in [6.07, 6.45) is 4.97. The second-order valence-corrected chi connectivity index (χ2v) is 6.23. The Bertz CT molecular complexity index is 323. The van der Waals surface area contributed by atoms with Gasteiger partial charge in [0.05, 0.1) is 0 Å². The highest BCUT2D eigenvalue weighted by Gasteiger charge is 2.61. The van der Waals surface area contributed by atoms with Gasteiger partial charge in [0, 0.05) is 5.41 Å². The van der Waals surface area contributed by atoms with Crippen LogP contribution in [0.1, 0.15) is 44.9 Å². The van der Waals surface area contributed by atoms with Crippen molar-refractivity contribution in [3.05, 3.63) is 0 Å². The van der Waals surface area contributed by atoms with E-state index in [1.54, 1.807) is 0 Å². The summed E-state index contributed by atoms with van der Waals surface area (Å²) in [5, 5.41) is 10.1. The van der Waals surface area contributed by atoms with Crippen LogP contribution in [0, 0.1) is 5.41 Å². The van der Waals surface area contributed by atoms with Crippen LogP contribution in [0.25, 0.3) is 0 Å². The Morgan fingerprint density at radius 2 is 1.43 bits per heavy atom. The highest BCUT2D eigenvalue weighted by molar-refractivity contribution is 7.87. The van der Waals surface area contributed by atoms with Gasteiger partial charge < -0.3 is 5.11 Å². The first-order chi connectivity index (χ1) is 6.41. The summed E-state index contributed by atoms with van der Waals surface area (Å²) in [6.45, 7) is 0. The van der Waals surface area contributed by atoms with Gasteiger partial charge in [-0.1, -0.05) is 12.8 Å². The normalized spacial score (nSPS) is 36.7. The fraction of sp³-hybridized carbons (Fsp3) is 1.00. The number of rotatable bonds is 1. The molecule has 0 aliphatic heterocycles. The minimum absolute atomic E-state index is 0.186. The number of hydrogen-bond acceptors (Lipinski definition) is 3. The van der Waals surface area contributed by atoms with Crippen molar-refractivity contribution in [2.24, 2.45) is 5.41 Å². The Labute approximate surface area is 84.1 Å². The van der Waals surface area contributed by atoms with Crippen molar-refractivity contribution in [1.29, 1.82) is 0 Å². The molecule has 1 spiro atoms. The predicted octanol–water partition coefficient (Wildman–Crippen LogP) is 1.31. The van der Waals surface area contributed by atoms with Gasteiger partial charge in [-0.3, -0.25) is 4.55 Å². The van der Waals surface area contributed by atoms with Crippen LogP contribution >= 0.6 is 0 Å². The van der Waals surface area contributed by atoms with E-state index in [0.717, 1.165) is 32.1 Å². The van der Waals surface area contributed by atoms with Crippen LogP contribution < -0.4 is 0 Å². The molecule has 2 aliphatic rings. The molecule has 0 aromatic heterocycles. The molecule has 2 rings (SSSR count). The molecule has 4 nitrogen and oxygen atoms in total. The molecular weight excluding hydrogens is 204 g/mol. The van der Waals surface area contributed by atoms with Gasteiger partial charge in [0.2, 0.25) is 0 Å². The molecule has 0 aromatic carbocycles. The Morgan fingerprint density at radius 1 is 0.929 bits per heavy atom. The lowest BCUT2D eigenvalue weighted by Gasteiger charge is -2.36. The summed E-state index contributed by atoms with van der Waals surface area (Å²) in [4.78, 5) is -1.86. The molecular formula is C9H16O4S. The van der Waals surface area contributed by atoms with Gasteiger partial charge in [-0.2, -0.15) is 8.42 Å². The standard InChI is InChI=1S/C9H16O4S/c10-9(14(11,12)13)7-3-6-8(9)4-1-2-5-8/h10H,1-7H2,(H,11,12,13). The molecule has 2 saturated carbocycles. The molecule has 1 unspecified atom stereocenters. The first-order valence-electron chi connectivity index (χ1n) is 5.11. The molecule has 2 aliphatic carbocycles. The van der Waals surface area contributed by atoms with Crippen LogP contribution in [0.4, 0.5) is 0 Å². The second-order valence-electron chi connectivity index (χ2n) is 4.60. The summed E-state index contributed by atoms with van der Waals surface area (Å²) < 4.78 is 31.6. The first kappa shape index (κ1) is 10.4. The van der Waals surface area contributed by atoms with E-state index in [0.29, 0.717) is 6.42 Å². The SMILES string of the molecule is O=S(=O)(O)C1(O)CCCC12CCCC2. The zero-order chi connectivity index (χ0) is 10.4. The molecule has 1 atom stereocenters. The Balaban J connectivity index is 2.43. The van der Waals surface area contributed by atoms with Crippen molar-refractivity contribution in [1.82, 2.24) is 0 Å². The highest BCUT2D eigenvalue weighted by Crippen LogP contribution is 2.58. The third kappa shape index (κ3) is 1.15. The van der Waals surface area contributed by atoms with Gasteiger partial charge in [0.15, 0.2) is 4.93 Å². The topological polar surface area (TPSA) is 74.6 Å². The lowest BCUT2D eigenvalue weighted by Crippen LogP contribution is -2.48. The van der Waals surface area contributed by atoms with Crippen LogP contribution in [0.5, 0.6) is 0 Å². The van der Waals surface area contributed by atoms with E-state index in [1.807, 2.05) is 0 Å².